The van der Waals surface area contributed by atoms with Gasteiger partial charge in [-0.3, -0.25) is 4.79 Å². The van der Waals surface area contributed by atoms with Crippen molar-refractivity contribution in [2.24, 2.45) is 5.73 Å². The molecular weight excluding hydrogens is 168 g/mol. The molecule has 0 aliphatic rings. The Morgan fingerprint density at radius 1 is 1.67 bits per heavy atom. The van der Waals surface area contributed by atoms with E-state index in [1.54, 1.807) is 0 Å². The summed E-state index contributed by atoms with van der Waals surface area (Å²) in [7, 11) is 0. The molecule has 0 aliphatic heterocycles. The molecule has 0 saturated heterocycles. The summed E-state index contributed by atoms with van der Waals surface area (Å²) in [5.41, 5.74) is 3.96. The first-order valence-electron chi connectivity index (χ1n) is 3.22. The number of nitrogens with one attached hydrogen (secondary N) is 1. The van der Waals surface area contributed by atoms with Gasteiger partial charge < -0.3 is 10.7 Å². The summed E-state index contributed by atoms with van der Waals surface area (Å²) >= 11 is 0. The summed E-state index contributed by atoms with van der Waals surface area (Å²) in [6, 6.07) is 0.754. The van der Waals surface area contributed by atoms with Gasteiger partial charge in [-0.25, -0.2) is 13.8 Å². The maximum Gasteiger partial charge on any atom is 0.280 e. The molecule has 4 nitrogen and oxygen atoms in total. The van der Waals surface area contributed by atoms with Crippen molar-refractivity contribution in [2.45, 2.75) is 13.0 Å². The topological polar surface area (TPSA) is 71.8 Å². The zero-order valence-corrected chi connectivity index (χ0v) is 6.05. The molecule has 1 aromatic rings. The van der Waals surface area contributed by atoms with Crippen LogP contribution < -0.4 is 11.3 Å². The average Bonchev–Trinajstić information content (AvgIpc) is 2.03. The number of nitrogens with two attached hydrogens (primary N) is 1. The second-order valence-corrected chi connectivity index (χ2v) is 2.12. The summed E-state index contributed by atoms with van der Waals surface area (Å²) in [4.78, 5) is 16.3. The smallest absolute Gasteiger partial charge is 0.280 e. The molecule has 0 amide bonds. The summed E-state index contributed by atoms with van der Waals surface area (Å²) in [6.07, 6.45) is -2.74. The van der Waals surface area contributed by atoms with E-state index in [0.29, 0.717) is 0 Å². The minimum absolute atomic E-state index is 0.0597. The maximum absolute atomic E-state index is 12.0. The van der Waals surface area contributed by atoms with E-state index in [4.69, 9.17) is 5.73 Å². The van der Waals surface area contributed by atoms with Crippen LogP contribution in [0.2, 0.25) is 0 Å². The summed E-state index contributed by atoms with van der Waals surface area (Å²) < 4.78 is 24.0. The van der Waals surface area contributed by atoms with Crippen molar-refractivity contribution in [3.63, 3.8) is 0 Å². The van der Waals surface area contributed by atoms with Crippen LogP contribution in [0.5, 0.6) is 0 Å². The van der Waals surface area contributed by atoms with Gasteiger partial charge in [0, 0.05) is 6.07 Å². The van der Waals surface area contributed by atoms with Crippen LogP contribution in [0.25, 0.3) is 0 Å². The number of hydrogen-bond donors (Lipinski definition) is 2. The summed E-state index contributed by atoms with van der Waals surface area (Å²) in [5.74, 6) is 0.0674. The van der Waals surface area contributed by atoms with Crippen molar-refractivity contribution in [3.8, 4) is 0 Å². The van der Waals surface area contributed by atoms with E-state index in [2.05, 4.69) is 9.97 Å². The Kier molecular flexibility index (Phi) is 2.49. The fourth-order valence-electron chi connectivity index (χ4n) is 0.737. The minimum Gasteiger partial charge on any atom is -0.324 e. The quantitative estimate of drug-likeness (QED) is 0.672. The summed E-state index contributed by atoms with van der Waals surface area (Å²) in [5, 5.41) is 0. The highest BCUT2D eigenvalue weighted by Crippen LogP contribution is 2.13. The van der Waals surface area contributed by atoms with Gasteiger partial charge in [-0.15, -0.1) is 0 Å². The van der Waals surface area contributed by atoms with Crippen LogP contribution in [0.1, 0.15) is 17.9 Å². The van der Waals surface area contributed by atoms with Crippen molar-refractivity contribution in [1.82, 2.24) is 9.97 Å². The Morgan fingerprint density at radius 3 is 2.83 bits per heavy atom. The first-order chi connectivity index (χ1) is 5.63. The van der Waals surface area contributed by atoms with Gasteiger partial charge in [0.2, 0.25) is 0 Å². The van der Waals surface area contributed by atoms with Crippen molar-refractivity contribution < 1.29 is 8.78 Å². The van der Waals surface area contributed by atoms with E-state index in [9.17, 15) is 13.6 Å². The van der Waals surface area contributed by atoms with Crippen LogP contribution in [-0.2, 0) is 6.54 Å². The molecule has 0 atom stereocenters. The molecule has 1 rings (SSSR count). The fraction of sp³-hybridized carbons (Fsp3) is 0.333. The van der Waals surface area contributed by atoms with Gasteiger partial charge in [-0.05, 0) is 0 Å². The van der Waals surface area contributed by atoms with Crippen LogP contribution in [0.4, 0.5) is 8.78 Å². The SMILES string of the molecule is NCc1nc(C(F)F)cc(=O)[nH]1. The van der Waals surface area contributed by atoms with Crippen LogP contribution in [-0.4, -0.2) is 9.97 Å². The highest BCUT2D eigenvalue weighted by Gasteiger charge is 2.10. The van der Waals surface area contributed by atoms with Gasteiger partial charge in [0.25, 0.3) is 12.0 Å². The second kappa shape index (κ2) is 3.40. The van der Waals surface area contributed by atoms with Crippen LogP contribution in [0.15, 0.2) is 10.9 Å². The van der Waals surface area contributed by atoms with E-state index >= 15 is 0 Å². The van der Waals surface area contributed by atoms with Gasteiger partial charge in [0.15, 0.2) is 0 Å². The number of rotatable bonds is 2. The van der Waals surface area contributed by atoms with Gasteiger partial charge in [0.05, 0.1) is 6.54 Å². The predicted octanol–water partition coefficient (Wildman–Crippen LogP) is 0.166. The zero-order chi connectivity index (χ0) is 9.14. The predicted molar refractivity (Wildman–Crippen MR) is 37.7 cm³/mol. The van der Waals surface area contributed by atoms with Gasteiger partial charge >= 0.3 is 0 Å². The molecule has 0 unspecified atom stereocenters. The van der Waals surface area contributed by atoms with Crippen molar-refractivity contribution in [1.29, 1.82) is 0 Å². The van der Waals surface area contributed by atoms with Crippen molar-refractivity contribution >= 4 is 0 Å². The third kappa shape index (κ3) is 1.85. The largest absolute Gasteiger partial charge is 0.324 e. The lowest BCUT2D eigenvalue weighted by atomic mass is 10.4. The monoisotopic (exact) mass is 175 g/mol. The Bertz CT molecular complexity index is 323. The van der Waals surface area contributed by atoms with Crippen molar-refractivity contribution in [2.75, 3.05) is 0 Å². The highest BCUT2D eigenvalue weighted by atomic mass is 19.3. The standard InChI is InChI=1S/C6H7F2N3O/c7-6(8)3-1-5(12)11-4(2-9)10-3/h1,6H,2,9H2,(H,10,11,12). The normalized spacial score (nSPS) is 10.7. The zero-order valence-electron chi connectivity index (χ0n) is 6.05. The Labute approximate surface area is 66.4 Å². The molecule has 66 valence electrons. The molecule has 6 heteroatoms. The molecule has 12 heavy (non-hydrogen) atoms. The lowest BCUT2D eigenvalue weighted by Crippen LogP contribution is -2.15. The first kappa shape index (κ1) is 8.79. The average molecular weight is 175 g/mol. The Hall–Kier alpha value is -1.30. The molecule has 3 N–H and O–H groups in total. The molecule has 0 saturated carbocycles. The molecule has 1 aromatic heterocycles. The molecule has 0 radical (unpaired) electrons. The van der Waals surface area contributed by atoms with E-state index < -0.39 is 17.7 Å². The van der Waals surface area contributed by atoms with E-state index in [0.717, 1.165) is 6.07 Å². The Balaban J connectivity index is 3.15. The van der Waals surface area contributed by atoms with Crippen LogP contribution in [0.3, 0.4) is 0 Å². The molecule has 0 fully saturated rings. The van der Waals surface area contributed by atoms with E-state index in [1.165, 1.54) is 0 Å². The number of H-pyrrole nitrogens is 1. The Morgan fingerprint density at radius 2 is 2.33 bits per heavy atom. The van der Waals surface area contributed by atoms with Crippen molar-refractivity contribution in [3.05, 3.63) is 27.9 Å². The lowest BCUT2D eigenvalue weighted by molar-refractivity contribution is 0.145. The number of alkyl halides is 2. The number of halogens is 2. The summed E-state index contributed by atoms with van der Waals surface area (Å²) in [6.45, 7) is -0.0597. The molecule has 0 bridgehead atoms. The number of aromatic amines is 1. The maximum atomic E-state index is 12.0. The molecular formula is C6H7F2N3O. The van der Waals surface area contributed by atoms with Gasteiger partial charge in [-0.1, -0.05) is 0 Å². The number of hydrogen-bond acceptors (Lipinski definition) is 3. The minimum atomic E-state index is -2.74. The number of aromatic nitrogens is 2. The van der Waals surface area contributed by atoms with Crippen LogP contribution in [0, 0.1) is 0 Å². The third-order valence-corrected chi connectivity index (χ3v) is 1.23. The van der Waals surface area contributed by atoms with Crippen LogP contribution >= 0.6 is 0 Å². The molecule has 1 heterocycles. The lowest BCUT2D eigenvalue weighted by Gasteiger charge is -1.99. The van der Waals surface area contributed by atoms with Gasteiger partial charge in [-0.2, -0.15) is 0 Å². The third-order valence-electron chi connectivity index (χ3n) is 1.23. The molecule has 0 aromatic carbocycles. The fourth-order valence-corrected chi connectivity index (χ4v) is 0.737. The molecule has 0 aliphatic carbocycles. The van der Waals surface area contributed by atoms with Gasteiger partial charge in [0.1, 0.15) is 11.5 Å². The second-order valence-electron chi connectivity index (χ2n) is 2.12. The van der Waals surface area contributed by atoms with E-state index in [-0.39, 0.29) is 12.4 Å². The van der Waals surface area contributed by atoms with E-state index in [1.807, 2.05) is 0 Å². The highest BCUT2D eigenvalue weighted by molar-refractivity contribution is 5.03. The molecule has 0 spiro atoms. The first-order valence-corrected chi connectivity index (χ1v) is 3.22. The number of nitrogens with zero attached hydrogens (tertiary/aromatic N) is 1.